The van der Waals surface area contributed by atoms with Crippen molar-refractivity contribution in [2.24, 2.45) is 0 Å². The van der Waals surface area contributed by atoms with Gasteiger partial charge in [-0.05, 0) is 37.1 Å². The maximum Gasteiger partial charge on any atom is 0.251 e. The molecule has 134 valence electrons. The summed E-state index contributed by atoms with van der Waals surface area (Å²) in [6, 6.07) is 14.8. The Morgan fingerprint density at radius 1 is 1.23 bits per heavy atom. The number of para-hydroxylation sites is 1. The maximum atomic E-state index is 12.7. The fourth-order valence-electron chi connectivity index (χ4n) is 2.75. The van der Waals surface area contributed by atoms with Gasteiger partial charge in [-0.2, -0.15) is 4.98 Å². The standard InChI is InChI=1S/C20H21N3O3/c1-4-17(20-21-13(2)23-26-20)22-19(24)15-9-7-8-14(12-15)16-10-5-6-11-18(16)25-3/h5-12,17H,4H2,1-3H3,(H,22,24)/t17-/m1/s1. The number of carbonyl (C=O) groups is 1. The van der Waals surface area contributed by atoms with Gasteiger partial charge in [-0.3, -0.25) is 4.79 Å². The van der Waals surface area contributed by atoms with E-state index in [0.29, 0.717) is 23.7 Å². The minimum Gasteiger partial charge on any atom is -0.496 e. The van der Waals surface area contributed by atoms with Crippen LogP contribution in [0.15, 0.2) is 53.1 Å². The van der Waals surface area contributed by atoms with Crippen LogP contribution in [0.1, 0.15) is 41.5 Å². The average molecular weight is 351 g/mol. The normalized spacial score (nSPS) is 11.8. The molecule has 0 spiro atoms. The van der Waals surface area contributed by atoms with E-state index in [2.05, 4.69) is 15.5 Å². The smallest absolute Gasteiger partial charge is 0.251 e. The summed E-state index contributed by atoms with van der Waals surface area (Å²) in [4.78, 5) is 16.9. The van der Waals surface area contributed by atoms with Crippen LogP contribution in [0.3, 0.4) is 0 Å². The molecule has 0 unspecified atom stereocenters. The van der Waals surface area contributed by atoms with E-state index in [-0.39, 0.29) is 11.9 Å². The highest BCUT2D eigenvalue weighted by atomic mass is 16.5. The number of rotatable bonds is 6. The van der Waals surface area contributed by atoms with Gasteiger partial charge in [0, 0.05) is 11.1 Å². The summed E-state index contributed by atoms with van der Waals surface area (Å²) >= 11 is 0. The lowest BCUT2D eigenvalue weighted by Gasteiger charge is -2.14. The first-order valence-corrected chi connectivity index (χ1v) is 8.47. The Labute approximate surface area is 152 Å². The summed E-state index contributed by atoms with van der Waals surface area (Å²) < 4.78 is 10.6. The largest absolute Gasteiger partial charge is 0.496 e. The lowest BCUT2D eigenvalue weighted by molar-refractivity contribution is 0.0927. The van der Waals surface area contributed by atoms with Gasteiger partial charge in [0.2, 0.25) is 5.89 Å². The highest BCUT2D eigenvalue weighted by Gasteiger charge is 2.20. The Bertz CT molecular complexity index is 905. The molecule has 6 nitrogen and oxygen atoms in total. The van der Waals surface area contributed by atoms with Crippen molar-refractivity contribution >= 4 is 5.91 Å². The molecule has 0 saturated carbocycles. The molecule has 0 aliphatic carbocycles. The van der Waals surface area contributed by atoms with E-state index in [4.69, 9.17) is 9.26 Å². The van der Waals surface area contributed by atoms with Gasteiger partial charge in [-0.25, -0.2) is 0 Å². The molecule has 1 N–H and O–H groups in total. The molecule has 0 saturated heterocycles. The number of hydrogen-bond acceptors (Lipinski definition) is 5. The first-order chi connectivity index (χ1) is 12.6. The van der Waals surface area contributed by atoms with Gasteiger partial charge in [0.15, 0.2) is 5.82 Å². The summed E-state index contributed by atoms with van der Waals surface area (Å²) in [6.45, 7) is 3.70. The second kappa shape index (κ2) is 7.82. The van der Waals surface area contributed by atoms with E-state index >= 15 is 0 Å². The van der Waals surface area contributed by atoms with Gasteiger partial charge >= 0.3 is 0 Å². The predicted molar refractivity (Wildman–Crippen MR) is 98.0 cm³/mol. The molecular formula is C20H21N3O3. The Hall–Kier alpha value is -3.15. The first kappa shape index (κ1) is 17.7. The van der Waals surface area contributed by atoms with E-state index in [1.54, 1.807) is 20.1 Å². The highest BCUT2D eigenvalue weighted by Crippen LogP contribution is 2.30. The van der Waals surface area contributed by atoms with E-state index in [1.165, 1.54) is 0 Å². The third kappa shape index (κ3) is 3.74. The molecule has 1 aromatic heterocycles. The number of nitrogens with one attached hydrogen (secondary N) is 1. The highest BCUT2D eigenvalue weighted by molar-refractivity contribution is 5.95. The summed E-state index contributed by atoms with van der Waals surface area (Å²) in [7, 11) is 1.63. The van der Waals surface area contributed by atoms with Crippen LogP contribution in [0.5, 0.6) is 5.75 Å². The van der Waals surface area contributed by atoms with Crippen molar-refractivity contribution in [3.05, 3.63) is 65.8 Å². The Morgan fingerprint density at radius 3 is 2.73 bits per heavy atom. The lowest BCUT2D eigenvalue weighted by atomic mass is 10.0. The third-order valence-electron chi connectivity index (χ3n) is 4.10. The molecule has 1 atom stereocenters. The van der Waals surface area contributed by atoms with Crippen molar-refractivity contribution in [1.29, 1.82) is 0 Å². The number of ether oxygens (including phenoxy) is 1. The second-order valence-electron chi connectivity index (χ2n) is 5.90. The zero-order chi connectivity index (χ0) is 18.5. The van der Waals surface area contributed by atoms with E-state index in [9.17, 15) is 4.79 Å². The molecule has 2 aromatic carbocycles. The second-order valence-corrected chi connectivity index (χ2v) is 5.90. The van der Waals surface area contributed by atoms with Gasteiger partial charge in [-0.15, -0.1) is 0 Å². The summed E-state index contributed by atoms with van der Waals surface area (Å²) in [5, 5.41) is 6.74. The molecule has 0 aliphatic heterocycles. The average Bonchev–Trinajstić information content (AvgIpc) is 3.12. The van der Waals surface area contributed by atoms with Crippen molar-refractivity contribution in [1.82, 2.24) is 15.5 Å². The van der Waals surface area contributed by atoms with Gasteiger partial charge in [0.25, 0.3) is 5.91 Å². The van der Waals surface area contributed by atoms with Crippen LogP contribution in [-0.2, 0) is 0 Å². The zero-order valence-corrected chi connectivity index (χ0v) is 15.0. The molecule has 3 aromatic rings. The molecule has 1 heterocycles. The Kier molecular flexibility index (Phi) is 5.31. The minimum atomic E-state index is -0.321. The monoisotopic (exact) mass is 351 g/mol. The van der Waals surface area contributed by atoms with E-state index < -0.39 is 0 Å². The molecule has 26 heavy (non-hydrogen) atoms. The molecule has 0 radical (unpaired) electrons. The van der Waals surface area contributed by atoms with Crippen LogP contribution in [0.25, 0.3) is 11.1 Å². The molecule has 3 rings (SSSR count). The molecule has 0 bridgehead atoms. The van der Waals surface area contributed by atoms with Crippen LogP contribution in [0, 0.1) is 6.92 Å². The summed E-state index contributed by atoms with van der Waals surface area (Å²) in [5.41, 5.74) is 2.41. The maximum absolute atomic E-state index is 12.7. The summed E-state index contributed by atoms with van der Waals surface area (Å²) in [5.74, 6) is 1.53. The van der Waals surface area contributed by atoms with Gasteiger partial charge in [0.1, 0.15) is 11.8 Å². The molecule has 0 fully saturated rings. The van der Waals surface area contributed by atoms with Crippen LogP contribution >= 0.6 is 0 Å². The quantitative estimate of drug-likeness (QED) is 0.728. The number of hydrogen-bond donors (Lipinski definition) is 1. The SMILES string of the molecule is CC[C@@H](NC(=O)c1cccc(-c2ccccc2OC)c1)c1nc(C)no1. The number of methoxy groups -OCH3 is 1. The third-order valence-corrected chi connectivity index (χ3v) is 4.10. The Morgan fingerprint density at radius 2 is 2.04 bits per heavy atom. The minimum absolute atomic E-state index is 0.190. The van der Waals surface area contributed by atoms with E-state index in [0.717, 1.165) is 16.9 Å². The number of aromatic nitrogens is 2. The van der Waals surface area contributed by atoms with Crippen molar-refractivity contribution in [2.75, 3.05) is 7.11 Å². The van der Waals surface area contributed by atoms with Crippen molar-refractivity contribution in [3.63, 3.8) is 0 Å². The van der Waals surface area contributed by atoms with Crippen molar-refractivity contribution in [2.45, 2.75) is 26.3 Å². The number of benzene rings is 2. The van der Waals surface area contributed by atoms with Crippen molar-refractivity contribution in [3.8, 4) is 16.9 Å². The number of amides is 1. The predicted octanol–water partition coefficient (Wildman–Crippen LogP) is 3.93. The lowest BCUT2D eigenvalue weighted by Crippen LogP contribution is -2.28. The van der Waals surface area contributed by atoms with Crippen LogP contribution < -0.4 is 10.1 Å². The van der Waals surface area contributed by atoms with Gasteiger partial charge in [-0.1, -0.05) is 42.4 Å². The number of aryl methyl sites for hydroxylation is 1. The Balaban J connectivity index is 1.84. The number of nitrogens with zero attached hydrogens (tertiary/aromatic N) is 2. The van der Waals surface area contributed by atoms with Crippen LogP contribution in [-0.4, -0.2) is 23.2 Å². The zero-order valence-electron chi connectivity index (χ0n) is 15.0. The first-order valence-electron chi connectivity index (χ1n) is 8.47. The van der Waals surface area contributed by atoms with Gasteiger partial charge < -0.3 is 14.6 Å². The topological polar surface area (TPSA) is 77.2 Å². The fraction of sp³-hybridized carbons (Fsp3) is 0.250. The molecular weight excluding hydrogens is 330 g/mol. The fourth-order valence-corrected chi connectivity index (χ4v) is 2.75. The molecule has 1 amide bonds. The molecule has 6 heteroatoms. The van der Waals surface area contributed by atoms with E-state index in [1.807, 2.05) is 49.4 Å². The van der Waals surface area contributed by atoms with Crippen LogP contribution in [0.2, 0.25) is 0 Å². The van der Waals surface area contributed by atoms with Gasteiger partial charge in [0.05, 0.1) is 7.11 Å². The van der Waals surface area contributed by atoms with Crippen LogP contribution in [0.4, 0.5) is 0 Å². The van der Waals surface area contributed by atoms with Crippen molar-refractivity contribution < 1.29 is 14.1 Å². The number of carbonyl (C=O) groups excluding carboxylic acids is 1. The summed E-state index contributed by atoms with van der Waals surface area (Å²) in [6.07, 6.45) is 0.652. The molecule has 0 aliphatic rings.